The van der Waals surface area contributed by atoms with Crippen molar-refractivity contribution < 1.29 is 28.1 Å². The van der Waals surface area contributed by atoms with Gasteiger partial charge >= 0.3 is 40.2 Å². The van der Waals surface area contributed by atoms with E-state index in [1.54, 1.807) is 0 Å². The average molecular weight is 265 g/mol. The van der Waals surface area contributed by atoms with Crippen LogP contribution in [-0.4, -0.2) is 3.79 Å². The molecule has 0 aliphatic rings. The van der Waals surface area contributed by atoms with Crippen LogP contribution in [0.15, 0.2) is 0 Å². The summed E-state index contributed by atoms with van der Waals surface area (Å²) in [7, 11) is 5.04. The van der Waals surface area contributed by atoms with Crippen molar-refractivity contribution in [2.75, 3.05) is 0 Å². The fourth-order valence-corrected chi connectivity index (χ4v) is 0. The first kappa shape index (κ1) is 4.90. The normalized spacial score (nSPS) is 4.25. The molecule has 0 bridgehead atoms. The van der Waals surface area contributed by atoms with Gasteiger partial charge in [0, 0.05) is 0 Å². The fraction of sp³-hybridized carbons (Fsp3) is 0. The van der Waals surface area contributed by atoms with E-state index < -0.39 is 23.3 Å². The molecule has 0 saturated carbocycles. The minimum absolute atomic E-state index is 0.863. The molecule has 0 aliphatic heterocycles. The molecule has 3 heteroatoms. The van der Waals surface area contributed by atoms with Crippen LogP contribution in [0, 0.1) is 0 Å². The van der Waals surface area contributed by atoms with E-state index >= 15 is 0 Å². The van der Waals surface area contributed by atoms with Crippen molar-refractivity contribution in [3.05, 3.63) is 0 Å². The third-order valence-corrected chi connectivity index (χ3v) is 1.66. The molecule has 0 aromatic heterocycles. The topological polar surface area (TPSA) is 17.1 Å². The molecule has 0 N–H and O–H groups in total. The second kappa shape index (κ2) is 3.90. The van der Waals surface area contributed by atoms with E-state index in [4.69, 9.17) is 13.0 Å². The summed E-state index contributed by atoms with van der Waals surface area (Å²) < 4.78 is 0.863. The van der Waals surface area contributed by atoms with Crippen LogP contribution in [0.25, 0.3) is 0 Å². The maximum atomic E-state index is 9.14. The average Bonchev–Trinajstić information content (AvgIpc) is 1.37. The van der Waals surface area contributed by atoms with Crippen molar-refractivity contribution in [2.24, 2.45) is 0 Å². The summed E-state index contributed by atoms with van der Waals surface area (Å²) in [5.74, 6) is 0. The Hall–Kier alpha value is 0.895. The van der Waals surface area contributed by atoms with Gasteiger partial charge in [0.15, 0.2) is 0 Å². The molecule has 0 amide bonds. The second-order valence-corrected chi connectivity index (χ2v) is 5.52. The molecule has 0 atom stereocenters. The van der Waals surface area contributed by atoms with Crippen molar-refractivity contribution in [3.8, 4) is 0 Å². The summed E-state index contributed by atoms with van der Waals surface area (Å²) in [6.07, 6.45) is 0. The van der Waals surface area contributed by atoms with E-state index in [0.29, 0.717) is 0 Å². The van der Waals surface area contributed by atoms with Crippen LogP contribution in [0.3, 0.4) is 0 Å². The first-order chi connectivity index (χ1) is 1.91. The molecule has 20 valence electrons. The number of hydrogen-bond acceptors (Lipinski definition) is 1. The maximum absolute atomic E-state index is 9.14. The summed E-state index contributed by atoms with van der Waals surface area (Å²) in [4.78, 5) is 9.14. The van der Waals surface area contributed by atoms with Gasteiger partial charge in [-0.1, -0.05) is 0 Å². The van der Waals surface area contributed by atoms with Gasteiger partial charge in [0.25, 0.3) is 0 Å². The molecule has 0 radical (unpaired) electrons. The SMILES string of the molecule is O=[CH][Hg][Cl]. The van der Waals surface area contributed by atoms with Crippen molar-refractivity contribution in [1.82, 2.24) is 0 Å². The standard InChI is InChI=1S/CHO.ClH.Hg/c1-2;;/h1H;1H;/q;;+1/p-1. The molecular weight excluding hydrogens is 264 g/mol. The van der Waals surface area contributed by atoms with Crippen molar-refractivity contribution in [2.45, 2.75) is 0 Å². The summed E-state index contributed by atoms with van der Waals surface area (Å²) >= 11 is -1.32. The molecular formula is CHClHgO. The number of halogens is 1. The van der Waals surface area contributed by atoms with E-state index in [-0.39, 0.29) is 0 Å². The van der Waals surface area contributed by atoms with E-state index in [1.165, 1.54) is 0 Å². The predicted molar refractivity (Wildman–Crippen MR) is 12.6 cm³/mol. The zero-order valence-electron chi connectivity index (χ0n) is 2.07. The van der Waals surface area contributed by atoms with Crippen LogP contribution in [-0.2, 0) is 28.1 Å². The van der Waals surface area contributed by atoms with Gasteiger partial charge in [0.05, 0.1) is 0 Å². The Morgan fingerprint density at radius 3 is 2.25 bits per heavy atom. The molecule has 0 fully saturated rings. The van der Waals surface area contributed by atoms with Gasteiger partial charge < -0.3 is 0 Å². The monoisotopic (exact) mass is 266 g/mol. The molecule has 0 heterocycles. The van der Waals surface area contributed by atoms with Gasteiger partial charge in [-0.2, -0.15) is 0 Å². The van der Waals surface area contributed by atoms with E-state index in [1.807, 2.05) is 0 Å². The quantitative estimate of drug-likeness (QED) is 0.496. The molecule has 1 nitrogen and oxygen atoms in total. The van der Waals surface area contributed by atoms with Gasteiger partial charge in [0.2, 0.25) is 0 Å². The van der Waals surface area contributed by atoms with Gasteiger partial charge in [0.1, 0.15) is 0 Å². The Morgan fingerprint density at radius 1 is 2.00 bits per heavy atom. The number of rotatable bonds is 1. The molecule has 0 aliphatic carbocycles. The minimum atomic E-state index is -1.32. The van der Waals surface area contributed by atoms with E-state index in [2.05, 4.69) is 0 Å². The Kier molecular flexibility index (Phi) is 4.77. The predicted octanol–water partition coefficient (Wildman–Crippen LogP) is 0.413. The first-order valence-electron chi connectivity index (χ1n) is 0.911. The van der Waals surface area contributed by atoms with Crippen LogP contribution >= 0.6 is 8.25 Å². The number of carbonyl (C=O) groups is 1. The first-order valence-corrected chi connectivity index (χ1v) is 10.9. The van der Waals surface area contributed by atoms with Crippen molar-refractivity contribution >= 4 is 12.0 Å². The number of carbonyl (C=O) groups excluding carboxylic acids is 1. The van der Waals surface area contributed by atoms with Crippen LogP contribution in [0.4, 0.5) is 0 Å². The van der Waals surface area contributed by atoms with Crippen LogP contribution < -0.4 is 0 Å². The molecule has 4 heavy (non-hydrogen) atoms. The van der Waals surface area contributed by atoms with Crippen LogP contribution in [0.1, 0.15) is 0 Å². The summed E-state index contributed by atoms with van der Waals surface area (Å²) in [6, 6.07) is 0. The third kappa shape index (κ3) is 2.90. The second-order valence-electron chi connectivity index (χ2n) is 0.321. The summed E-state index contributed by atoms with van der Waals surface area (Å²) in [5, 5.41) is 0. The third-order valence-electron chi connectivity index (χ3n) is 0.0630. The van der Waals surface area contributed by atoms with Gasteiger partial charge in [-0.25, -0.2) is 0 Å². The zero-order chi connectivity index (χ0) is 3.41. The van der Waals surface area contributed by atoms with Crippen molar-refractivity contribution in [1.29, 1.82) is 0 Å². The zero-order valence-corrected chi connectivity index (χ0v) is 8.32. The summed E-state index contributed by atoms with van der Waals surface area (Å²) in [5.41, 5.74) is 0. The van der Waals surface area contributed by atoms with Gasteiger partial charge in [-0.3, -0.25) is 0 Å². The van der Waals surface area contributed by atoms with Crippen LogP contribution in [0.5, 0.6) is 0 Å². The Labute approximate surface area is 40.2 Å². The molecule has 0 rings (SSSR count). The van der Waals surface area contributed by atoms with E-state index in [9.17, 15) is 0 Å². The fourth-order valence-electron chi connectivity index (χ4n) is 0. The number of hydrogen-bond donors (Lipinski definition) is 0. The molecule has 0 unspecified atom stereocenters. The Morgan fingerprint density at radius 2 is 2.25 bits per heavy atom. The van der Waals surface area contributed by atoms with Gasteiger partial charge in [-0.15, -0.1) is 0 Å². The molecule has 0 aromatic rings. The van der Waals surface area contributed by atoms with Crippen molar-refractivity contribution in [3.63, 3.8) is 0 Å². The molecule has 0 spiro atoms. The molecule has 0 saturated heterocycles. The Balaban J connectivity index is 2.30. The molecule has 0 aromatic carbocycles. The Bertz CT molecular complexity index is 22.0. The van der Waals surface area contributed by atoms with Crippen LogP contribution in [0.2, 0.25) is 0 Å². The summed E-state index contributed by atoms with van der Waals surface area (Å²) in [6.45, 7) is 0. The van der Waals surface area contributed by atoms with E-state index in [0.717, 1.165) is 3.79 Å². The van der Waals surface area contributed by atoms with Gasteiger partial charge in [-0.05, 0) is 0 Å².